The summed E-state index contributed by atoms with van der Waals surface area (Å²) in [5.41, 5.74) is 0. The Morgan fingerprint density at radius 1 is 0.522 bits per heavy atom. The van der Waals surface area contributed by atoms with Crippen LogP contribution in [0, 0.1) is 0 Å². The molecule has 0 saturated carbocycles. The maximum absolute atomic E-state index is 13.0. The van der Waals surface area contributed by atoms with Gasteiger partial charge in [-0.05, 0) is 83.5 Å². The summed E-state index contributed by atoms with van der Waals surface area (Å²) >= 11 is 0. The van der Waals surface area contributed by atoms with Crippen molar-refractivity contribution in [2.75, 3.05) is 40.9 Å². The van der Waals surface area contributed by atoms with E-state index >= 15 is 0 Å². The van der Waals surface area contributed by atoms with Gasteiger partial charge >= 0.3 is 7.82 Å². The van der Waals surface area contributed by atoms with Gasteiger partial charge in [-0.15, -0.1) is 0 Å². The van der Waals surface area contributed by atoms with Gasteiger partial charge in [0.1, 0.15) is 13.2 Å². The molecule has 0 aliphatic carbocycles. The highest BCUT2D eigenvalue weighted by atomic mass is 31.2. The minimum absolute atomic E-state index is 0.0508. The molecule has 0 aromatic rings. The topological polar surface area (TPSA) is 105 Å². The van der Waals surface area contributed by atoms with Gasteiger partial charge in [0.2, 0.25) is 5.91 Å². The van der Waals surface area contributed by atoms with Crippen molar-refractivity contribution < 1.29 is 32.9 Å². The molecule has 0 bridgehead atoms. The van der Waals surface area contributed by atoms with Crippen molar-refractivity contribution >= 4 is 13.7 Å². The summed E-state index contributed by atoms with van der Waals surface area (Å²) in [5.74, 6) is -0.196. The fourth-order valence-electron chi connectivity index (χ4n) is 7.30. The summed E-state index contributed by atoms with van der Waals surface area (Å²) in [6.45, 7) is 4.67. The van der Waals surface area contributed by atoms with E-state index in [1.807, 2.05) is 27.2 Å². The molecule has 0 aromatic heterocycles. The van der Waals surface area contributed by atoms with E-state index in [0.717, 1.165) is 83.5 Å². The predicted molar refractivity (Wildman–Crippen MR) is 290 cm³/mol. The maximum Gasteiger partial charge on any atom is 0.472 e. The van der Waals surface area contributed by atoms with Crippen LogP contribution in [0.15, 0.2) is 97.2 Å². The largest absolute Gasteiger partial charge is 0.472 e. The van der Waals surface area contributed by atoms with E-state index in [-0.39, 0.29) is 19.1 Å². The Bertz CT molecular complexity index is 1410. The Morgan fingerprint density at radius 2 is 0.910 bits per heavy atom. The highest BCUT2D eigenvalue weighted by Crippen LogP contribution is 2.43. The lowest BCUT2D eigenvalue weighted by molar-refractivity contribution is -0.870. The van der Waals surface area contributed by atoms with Gasteiger partial charge in [-0.3, -0.25) is 13.8 Å². The molecule has 1 amide bonds. The van der Waals surface area contributed by atoms with Gasteiger partial charge in [0.05, 0.1) is 39.9 Å². The fraction of sp³-hybridized carbons (Fsp3) is 0.707. The number of nitrogens with one attached hydrogen (secondary N) is 1. The predicted octanol–water partition coefficient (Wildman–Crippen LogP) is 16.3. The number of carbonyl (C=O) groups is 1. The van der Waals surface area contributed by atoms with Crippen LogP contribution in [-0.4, -0.2) is 73.4 Å². The van der Waals surface area contributed by atoms with Crippen molar-refractivity contribution in [3.05, 3.63) is 97.2 Å². The van der Waals surface area contributed by atoms with E-state index in [4.69, 9.17) is 9.05 Å². The van der Waals surface area contributed by atoms with Gasteiger partial charge in [0, 0.05) is 6.42 Å². The van der Waals surface area contributed by atoms with E-state index in [2.05, 4.69) is 104 Å². The summed E-state index contributed by atoms with van der Waals surface area (Å²) < 4.78 is 23.6. The van der Waals surface area contributed by atoms with Crippen molar-refractivity contribution in [2.24, 2.45) is 0 Å². The van der Waals surface area contributed by atoms with Crippen LogP contribution in [0.1, 0.15) is 213 Å². The zero-order valence-corrected chi connectivity index (χ0v) is 44.8. The molecule has 0 rings (SSSR count). The van der Waals surface area contributed by atoms with Crippen LogP contribution < -0.4 is 5.32 Å². The Labute approximate surface area is 413 Å². The smallest absolute Gasteiger partial charge is 0.387 e. The number of phosphoric acid groups is 1. The van der Waals surface area contributed by atoms with Crippen LogP contribution in [-0.2, 0) is 18.4 Å². The zero-order chi connectivity index (χ0) is 49.2. The Morgan fingerprint density at radius 3 is 1.37 bits per heavy atom. The second-order valence-electron chi connectivity index (χ2n) is 19.2. The molecule has 0 radical (unpaired) electrons. The third-order valence-corrected chi connectivity index (χ3v) is 12.5. The number of nitrogens with zero attached hydrogens (tertiary/aromatic N) is 1. The molecule has 0 aliphatic rings. The number of aliphatic hydroxyl groups excluding tert-OH is 1. The van der Waals surface area contributed by atoms with E-state index in [9.17, 15) is 19.4 Å². The number of quaternary nitrogens is 1. The standard InChI is InChI=1S/C58H103N2O6P/c1-6-8-10-12-14-16-18-20-22-24-25-26-27-28-29-30-31-32-33-34-35-36-38-40-42-44-46-48-50-52-58(62)59-56(55-66-67(63,64)65-54-53-60(3,4)5)57(61)51-49-47-45-43-41-39-37-23-21-19-17-15-13-11-9-7-2/h8,10,14,16,20,22,25-26,28-29,31-32,41,43,49,51,56-57,61H,6-7,9,11-13,15,17-19,21,23-24,27,30,33-40,42,44-48,50,52-55H2,1-5H3,(H-,59,62,63,64)/p+1/b10-8-,16-14-,22-20-,26-25-,29-28-,32-31-,43-41+,51-49+. The lowest BCUT2D eigenvalue weighted by Crippen LogP contribution is -2.45. The first kappa shape index (κ1) is 64.4. The molecule has 386 valence electrons. The average molecular weight is 956 g/mol. The third-order valence-electron chi connectivity index (χ3n) is 11.5. The average Bonchev–Trinajstić information content (AvgIpc) is 3.29. The van der Waals surface area contributed by atoms with E-state index in [1.165, 1.54) is 109 Å². The van der Waals surface area contributed by atoms with E-state index < -0.39 is 20.0 Å². The zero-order valence-electron chi connectivity index (χ0n) is 43.9. The van der Waals surface area contributed by atoms with Gasteiger partial charge in [-0.2, -0.15) is 0 Å². The van der Waals surface area contributed by atoms with Crippen LogP contribution in [0.3, 0.4) is 0 Å². The molecule has 9 heteroatoms. The van der Waals surface area contributed by atoms with Gasteiger partial charge in [-0.1, -0.05) is 220 Å². The summed E-state index contributed by atoms with van der Waals surface area (Å²) in [6.07, 6.45) is 69.2. The summed E-state index contributed by atoms with van der Waals surface area (Å²) in [5, 5.41) is 13.9. The van der Waals surface area contributed by atoms with Gasteiger partial charge in [-0.25, -0.2) is 4.57 Å². The normalized spacial score (nSPS) is 14.8. The number of rotatable bonds is 48. The highest BCUT2D eigenvalue weighted by Gasteiger charge is 2.27. The molecule has 3 unspecified atom stereocenters. The van der Waals surface area contributed by atoms with Crippen LogP contribution in [0.25, 0.3) is 0 Å². The maximum atomic E-state index is 13.0. The number of carbonyl (C=O) groups excluding carboxylic acids is 1. The summed E-state index contributed by atoms with van der Waals surface area (Å²) in [7, 11) is 1.54. The van der Waals surface area contributed by atoms with Crippen molar-refractivity contribution in [1.29, 1.82) is 0 Å². The molecular weight excluding hydrogens is 852 g/mol. The van der Waals surface area contributed by atoms with Crippen molar-refractivity contribution in [1.82, 2.24) is 5.32 Å². The van der Waals surface area contributed by atoms with Crippen LogP contribution >= 0.6 is 7.82 Å². The minimum atomic E-state index is -4.36. The number of amides is 1. The summed E-state index contributed by atoms with van der Waals surface area (Å²) in [4.78, 5) is 23.2. The second-order valence-corrected chi connectivity index (χ2v) is 20.7. The molecule has 3 atom stereocenters. The Balaban J connectivity index is 4.27. The Hall–Kier alpha value is -2.58. The van der Waals surface area contributed by atoms with Gasteiger partial charge in [0.25, 0.3) is 0 Å². The highest BCUT2D eigenvalue weighted by molar-refractivity contribution is 7.47. The molecule has 0 aromatic carbocycles. The molecule has 67 heavy (non-hydrogen) atoms. The number of hydrogen-bond donors (Lipinski definition) is 3. The van der Waals surface area contributed by atoms with Crippen LogP contribution in [0.5, 0.6) is 0 Å². The second kappa shape index (κ2) is 48.4. The quantitative estimate of drug-likeness (QED) is 0.0243. The first-order valence-electron chi connectivity index (χ1n) is 27.1. The number of likely N-dealkylation sites (N-methyl/N-ethyl adjacent to an activating group) is 1. The molecule has 0 fully saturated rings. The van der Waals surface area contributed by atoms with E-state index in [1.54, 1.807) is 6.08 Å². The lowest BCUT2D eigenvalue weighted by atomic mass is 10.0. The number of phosphoric ester groups is 1. The van der Waals surface area contributed by atoms with Crippen molar-refractivity contribution in [3.8, 4) is 0 Å². The monoisotopic (exact) mass is 956 g/mol. The fourth-order valence-corrected chi connectivity index (χ4v) is 8.03. The lowest BCUT2D eigenvalue weighted by Gasteiger charge is -2.25. The molecule has 0 saturated heterocycles. The number of aliphatic hydroxyl groups is 1. The molecule has 0 spiro atoms. The minimum Gasteiger partial charge on any atom is -0.387 e. The molecule has 3 N–H and O–H groups in total. The van der Waals surface area contributed by atoms with Crippen molar-refractivity contribution in [2.45, 2.75) is 225 Å². The Kier molecular flexibility index (Phi) is 46.6. The van der Waals surface area contributed by atoms with Gasteiger partial charge in [0.15, 0.2) is 0 Å². The first-order chi connectivity index (χ1) is 32.5. The number of hydrogen-bond acceptors (Lipinski definition) is 5. The summed E-state index contributed by atoms with van der Waals surface area (Å²) in [6, 6.07) is -0.872. The molecular formula is C58H104N2O6P+. The van der Waals surface area contributed by atoms with Gasteiger partial charge < -0.3 is 19.8 Å². The van der Waals surface area contributed by atoms with E-state index in [0.29, 0.717) is 17.4 Å². The number of allylic oxidation sites excluding steroid dienone is 15. The SMILES string of the molecule is CC/C=C\C/C=C\C/C=C\C/C=C\C/C=C\C/C=C\CCCCCCCCCCCCC(=O)NC(COP(=O)(O)OCC[N+](C)(C)C)C(O)/C=C/CC/C=C/CCCCCCCCCCCC. The molecule has 0 heterocycles. The van der Waals surface area contributed by atoms with Crippen LogP contribution in [0.4, 0.5) is 0 Å². The third kappa shape index (κ3) is 51.1. The number of unbranched alkanes of at least 4 members (excludes halogenated alkanes) is 21. The first-order valence-corrected chi connectivity index (χ1v) is 28.6. The van der Waals surface area contributed by atoms with Crippen molar-refractivity contribution in [3.63, 3.8) is 0 Å². The van der Waals surface area contributed by atoms with Crippen LogP contribution in [0.2, 0.25) is 0 Å². The molecule has 8 nitrogen and oxygen atoms in total. The molecule has 0 aliphatic heterocycles.